The lowest BCUT2D eigenvalue weighted by molar-refractivity contribution is -0.333. The summed E-state index contributed by atoms with van der Waals surface area (Å²) in [5, 5.41) is 127. The van der Waals surface area contributed by atoms with Gasteiger partial charge in [0.15, 0.2) is 23.9 Å². The summed E-state index contributed by atoms with van der Waals surface area (Å²) in [7, 11) is 1.47. The molecule has 11 bridgehead atoms. The molecule has 0 radical (unpaired) electrons. The lowest BCUT2D eigenvalue weighted by atomic mass is 9.86. The topological polar surface area (TPSA) is 551 Å². The molecule has 7 aliphatic heterocycles. The molecule has 3 unspecified atom stereocenters. The van der Waals surface area contributed by atoms with E-state index in [9.17, 15) is 69.9 Å². The van der Waals surface area contributed by atoms with Crippen LogP contribution in [0.3, 0.4) is 0 Å². The number of ether oxygens (including phenoxy) is 6. The van der Waals surface area contributed by atoms with E-state index in [1.54, 1.807) is 19.1 Å². The quantitative estimate of drug-likeness (QED) is 0.0617. The van der Waals surface area contributed by atoms with Crippen LogP contribution in [0.4, 0.5) is 5.69 Å². The fourth-order valence-electron chi connectivity index (χ4n) is 14.0. The molecule has 35 nitrogen and oxygen atoms in total. The highest BCUT2D eigenvalue weighted by Crippen LogP contribution is 2.50. The Kier molecular flexibility index (Phi) is 26.0. The number of likely N-dealkylation sites (N-methyl/N-ethyl adjacent to an activating group) is 1. The van der Waals surface area contributed by atoms with Crippen molar-refractivity contribution in [1.29, 1.82) is 0 Å². The van der Waals surface area contributed by atoms with Gasteiger partial charge in [-0.25, -0.2) is 0 Å². The predicted octanol–water partition coefficient (Wildman–Crippen LogP) is 1.65. The summed E-state index contributed by atoms with van der Waals surface area (Å²) in [6.07, 6.45) is -18.1. The number of aryl methyl sites for hydroxylation is 2. The molecule has 610 valence electrons. The van der Waals surface area contributed by atoms with Gasteiger partial charge in [-0.15, -0.1) is 0 Å². The molecule has 13 rings (SSSR count). The molecule has 9 amide bonds. The maximum atomic E-state index is 16.3. The number of fused-ring (bicyclic) bond motifs is 15. The Labute approximate surface area is 661 Å². The Balaban J connectivity index is 1.13. The maximum Gasteiger partial charge on any atom is 0.248 e. The number of anilines is 1. The number of amides is 9. The number of aliphatic hydroxyl groups is 6. The molecule has 22 N–H and O–H groups in total. The van der Waals surface area contributed by atoms with E-state index >= 15 is 19.2 Å². The highest BCUT2D eigenvalue weighted by molar-refractivity contribution is 6.32. The van der Waals surface area contributed by atoms with Crippen LogP contribution in [0.1, 0.15) is 123 Å². The van der Waals surface area contributed by atoms with Crippen molar-refractivity contribution in [3.05, 3.63) is 146 Å². The number of carbonyl (C=O) groups is 9. The maximum absolute atomic E-state index is 16.3. The number of carbonyl (C=O) groups excluding carboxylic acids is 9. The number of nitrogens with one attached hydrogen (secondary N) is 9. The molecular formula is C77H89Cl2N11O24. The van der Waals surface area contributed by atoms with Gasteiger partial charge in [0, 0.05) is 34.8 Å². The number of aliphatic hydroxyl groups excluding tert-OH is 6. The smallest absolute Gasteiger partial charge is 0.248 e. The highest BCUT2D eigenvalue weighted by Gasteiger charge is 2.52. The summed E-state index contributed by atoms with van der Waals surface area (Å²) in [6, 6.07) is 4.98. The molecule has 2 saturated heterocycles. The van der Waals surface area contributed by atoms with Crippen LogP contribution >= 0.6 is 23.2 Å². The molecule has 6 aromatic carbocycles. The summed E-state index contributed by atoms with van der Waals surface area (Å²) in [6.45, 7) is 8.53. The summed E-state index contributed by atoms with van der Waals surface area (Å²) in [5.41, 5.74) is 10.2. The average Bonchev–Trinajstić information content (AvgIpc) is 0.762. The minimum Gasteiger partial charge on any atom is -0.508 e. The Morgan fingerprint density at radius 1 is 0.711 bits per heavy atom. The molecule has 0 aliphatic carbocycles. The largest absolute Gasteiger partial charge is 0.508 e. The summed E-state index contributed by atoms with van der Waals surface area (Å²) < 4.78 is 38.6. The van der Waals surface area contributed by atoms with Crippen LogP contribution in [0, 0.1) is 12.8 Å². The molecule has 7 aliphatic rings. The number of primary amides is 1. The van der Waals surface area contributed by atoms with Gasteiger partial charge in [0.2, 0.25) is 65.2 Å². The van der Waals surface area contributed by atoms with Crippen LogP contribution in [0.25, 0.3) is 11.1 Å². The van der Waals surface area contributed by atoms with Crippen molar-refractivity contribution in [1.82, 2.24) is 42.5 Å². The predicted molar refractivity (Wildman–Crippen MR) is 404 cm³/mol. The highest BCUT2D eigenvalue weighted by atomic mass is 35.5. The Morgan fingerprint density at radius 2 is 1.34 bits per heavy atom. The third kappa shape index (κ3) is 18.5. The number of phenols is 3. The second-order valence-electron chi connectivity index (χ2n) is 29.1. The van der Waals surface area contributed by atoms with Gasteiger partial charge in [0.05, 0.1) is 47.9 Å². The monoisotopic (exact) mass is 1620 g/mol. The van der Waals surface area contributed by atoms with E-state index in [1.807, 2.05) is 26.8 Å². The number of halogens is 2. The van der Waals surface area contributed by atoms with Crippen molar-refractivity contribution in [2.75, 3.05) is 25.5 Å². The number of phenolic OH excluding ortho intramolecular Hbond substituents is 3. The number of rotatable bonds is 17. The summed E-state index contributed by atoms with van der Waals surface area (Å²) in [5.74, 6) is -16.1. The normalized spacial score (nSPS) is 27.3. The van der Waals surface area contributed by atoms with Gasteiger partial charge in [0.1, 0.15) is 95.5 Å². The van der Waals surface area contributed by atoms with E-state index in [0.29, 0.717) is 17.7 Å². The molecule has 2 fully saturated rings. The van der Waals surface area contributed by atoms with E-state index in [4.69, 9.17) is 63.1 Å². The van der Waals surface area contributed by atoms with Gasteiger partial charge in [-0.05, 0) is 146 Å². The third-order valence-corrected chi connectivity index (χ3v) is 20.8. The van der Waals surface area contributed by atoms with Gasteiger partial charge in [-0.2, -0.15) is 0 Å². The molecular weight excluding hydrogens is 1530 g/mol. The average molecular weight is 1620 g/mol. The molecule has 18 atom stereocenters. The fraction of sp³-hybridized carbons (Fsp3) is 0.416. The zero-order valence-electron chi connectivity index (χ0n) is 62.4. The van der Waals surface area contributed by atoms with Crippen LogP contribution < -0.4 is 73.5 Å². The molecule has 0 aromatic heterocycles. The molecule has 0 saturated carbocycles. The van der Waals surface area contributed by atoms with Crippen LogP contribution in [-0.4, -0.2) is 198 Å². The molecule has 6 aromatic rings. The number of benzene rings is 6. The van der Waals surface area contributed by atoms with Crippen LogP contribution in [-0.2, 0) is 63.8 Å². The zero-order valence-corrected chi connectivity index (χ0v) is 63.9. The van der Waals surface area contributed by atoms with Crippen molar-refractivity contribution in [3.63, 3.8) is 0 Å². The second-order valence-corrected chi connectivity index (χ2v) is 30.0. The van der Waals surface area contributed by atoms with Gasteiger partial charge < -0.3 is 134 Å². The minimum atomic E-state index is -2.37. The van der Waals surface area contributed by atoms with Crippen molar-refractivity contribution in [2.45, 2.75) is 176 Å². The van der Waals surface area contributed by atoms with Crippen LogP contribution in [0.5, 0.6) is 46.0 Å². The van der Waals surface area contributed by atoms with Gasteiger partial charge >= 0.3 is 0 Å². The van der Waals surface area contributed by atoms with Gasteiger partial charge in [0.25, 0.3) is 0 Å². The van der Waals surface area contributed by atoms with Crippen LogP contribution in [0.2, 0.25) is 10.0 Å². The number of aromatic hydroxyl groups is 3. The zero-order chi connectivity index (χ0) is 82.8. The van der Waals surface area contributed by atoms with Crippen molar-refractivity contribution < 1.29 is 118 Å². The number of nitrogens with two attached hydrogens (primary N) is 2. The first-order valence-corrected chi connectivity index (χ1v) is 37.1. The second kappa shape index (κ2) is 35.1. The third-order valence-electron chi connectivity index (χ3n) is 20.2. The first kappa shape index (κ1) is 84.4. The Bertz CT molecular complexity index is 4730. The summed E-state index contributed by atoms with van der Waals surface area (Å²) in [4.78, 5) is 134. The lowest BCUT2D eigenvalue weighted by Gasteiger charge is -2.47. The first-order chi connectivity index (χ1) is 53.9. The summed E-state index contributed by atoms with van der Waals surface area (Å²) >= 11 is 14.3. The SMILES string of the molecule is CCc1ccc(C)c(NC(=O)CNC(=O)C2NC(=O)[C@H]3NC(=O)[C@H](NC(=O)C4NC(=O)[C@H](CC(N)=O)NC(=O)[C@H](NC(=O)[C@@H](CC(C)C)NC)[C@H](O)c5ccc(c(Cl)c5)Oc5cc4cc(c5O[C@@H]4O[C@H](CO)[C@@H](O)[C@H](O)[C@H]4OC4C[C@](C)(N)[C@H](O)[C@H](C)O4)Oc4ccc(cc4Cl)[C@H]3O)c3ccc(O)c(c3)-c3c(O)cc(O)cc32)c1. The van der Waals surface area contributed by atoms with Gasteiger partial charge in [-0.1, -0.05) is 74.3 Å². The minimum absolute atomic E-state index is 0.107. The van der Waals surface area contributed by atoms with Crippen LogP contribution in [0.15, 0.2) is 97.1 Å². The molecule has 114 heavy (non-hydrogen) atoms. The number of hydrogen-bond donors (Lipinski definition) is 20. The lowest BCUT2D eigenvalue weighted by Crippen LogP contribution is -2.64. The Morgan fingerprint density at radius 3 is 1.96 bits per heavy atom. The van der Waals surface area contributed by atoms with E-state index in [-0.39, 0.29) is 46.2 Å². The standard InChI is InChI=1S/C77H89Cl2N11O24/c1-8-33-10-9-31(4)43(18-33)84-54(96)28-83-71(104)59-40-24-38(92)25-47(94)56(40)39-19-34(11-14-46(39)93)57-72(105)90-61(75(108)88-59)63(98)36-13-16-49(42(79)21-36)111-51-23-37-22-50(66(51)114-76-67(65(100)64(99)52(29-91)112-76)113-55-27-77(6,81)68(101)32(5)109-55)110-48-15-12-35(20-41(48)78)62(97)60(89-69(102)44(82-7)17-30(2)3)74(107)85-45(26-53(80)95)70(103)86-58(37)73(106)87-57/h9-16,18-25,30,32,44-45,52,55,57-65,67-68,76,82,91-94,97-101H,8,17,26-29,81H2,1-7H3,(H2,80,95)(H,83,104)(H,84,96)(H,85,107)(H,86,103)(H,87,106)(H,88,108)(H,89,102)(H,90,105)/t32-,44+,45-,52+,55?,57+,58?,59?,60+,61-,62+,63+,64+,65-,67+,68+,76-,77-/m0/s1. The van der Waals surface area contributed by atoms with E-state index < -0.39 is 250 Å². The van der Waals surface area contributed by atoms with Crippen molar-refractivity contribution in [2.24, 2.45) is 17.4 Å². The van der Waals surface area contributed by atoms with E-state index in [0.717, 1.165) is 72.3 Å². The van der Waals surface area contributed by atoms with E-state index in [1.165, 1.54) is 33.0 Å². The molecule has 37 heteroatoms. The van der Waals surface area contributed by atoms with Crippen molar-refractivity contribution in [3.8, 4) is 57.1 Å². The van der Waals surface area contributed by atoms with E-state index in [2.05, 4.69) is 47.9 Å². The molecule has 7 heterocycles. The fourth-order valence-corrected chi connectivity index (χ4v) is 14.4. The Hall–Kier alpha value is -10.5. The number of hydrogen-bond acceptors (Lipinski definition) is 26. The first-order valence-electron chi connectivity index (χ1n) is 36.4. The van der Waals surface area contributed by atoms with Gasteiger partial charge in [-0.3, -0.25) is 43.2 Å². The molecule has 0 spiro atoms. The van der Waals surface area contributed by atoms with Crippen molar-refractivity contribution >= 4 is 82.1 Å².